The van der Waals surface area contributed by atoms with Crippen LogP contribution in [-0.4, -0.2) is 60.5 Å². The Kier molecular flexibility index (Phi) is 36.8. The molecule has 3 atom stereocenters. The van der Waals surface area contributed by atoms with Crippen molar-refractivity contribution < 1.29 is 42.7 Å². The Balaban J connectivity index is 4.34. The second-order valence-corrected chi connectivity index (χ2v) is 14.8. The van der Waals surface area contributed by atoms with Gasteiger partial charge in [-0.3, -0.25) is 18.6 Å². The first-order valence-electron chi connectivity index (χ1n) is 20.5. The molecule has 0 aliphatic carbocycles. The number of aliphatic hydroxyl groups excluding tert-OH is 1. The summed E-state index contributed by atoms with van der Waals surface area (Å²) in [5.74, 6) is -0.933. The molecule has 0 radical (unpaired) electrons. The van der Waals surface area contributed by atoms with Gasteiger partial charge in [-0.1, -0.05) is 138 Å². The summed E-state index contributed by atoms with van der Waals surface area (Å²) in [6, 6.07) is 0. The number of allylic oxidation sites excluding steroid dienone is 10. The van der Waals surface area contributed by atoms with Gasteiger partial charge in [-0.25, -0.2) is 4.57 Å². The van der Waals surface area contributed by atoms with Crippen LogP contribution in [0.3, 0.4) is 0 Å². The van der Waals surface area contributed by atoms with Crippen LogP contribution in [0.5, 0.6) is 0 Å². The SMILES string of the molecule is CC/C=C\C(O)C/C=C/C=C\C/C=C\C/C=C\CCCC(=O)O[C@H](COC(=O)CCCCCCCCC/C=C\CCCCCC)COP(=O)(O)OCCN. The molecule has 0 saturated carbocycles. The molecule has 0 heterocycles. The molecular formula is C43H74NO9P. The Morgan fingerprint density at radius 1 is 0.667 bits per heavy atom. The molecule has 54 heavy (non-hydrogen) atoms. The summed E-state index contributed by atoms with van der Waals surface area (Å²) in [6.07, 6.45) is 42.8. The lowest BCUT2D eigenvalue weighted by atomic mass is 10.1. The maximum Gasteiger partial charge on any atom is 0.472 e. The number of hydrogen-bond donors (Lipinski definition) is 3. The first kappa shape index (κ1) is 51.4. The minimum absolute atomic E-state index is 0.0333. The van der Waals surface area contributed by atoms with Crippen molar-refractivity contribution in [2.75, 3.05) is 26.4 Å². The number of rotatable bonds is 37. The van der Waals surface area contributed by atoms with Crippen LogP contribution in [0.15, 0.2) is 72.9 Å². The highest BCUT2D eigenvalue weighted by molar-refractivity contribution is 7.47. The van der Waals surface area contributed by atoms with Crippen molar-refractivity contribution in [3.8, 4) is 0 Å². The Labute approximate surface area is 327 Å². The number of ether oxygens (including phenoxy) is 2. The van der Waals surface area contributed by atoms with Crippen molar-refractivity contribution in [1.82, 2.24) is 0 Å². The standard InChI is InChI=1S/C43H74NO9P/c1-3-5-7-8-9-10-11-12-13-14-18-21-24-27-30-34-42(46)50-38-41(39-52-54(48,49)51-37-36-44)53-43(47)35-31-28-25-22-19-16-15-17-20-23-26-29-33-40(45)32-6-4-2/h6,10-11,15-16,20,22-23,25-26,29,32,40-41,45H,3-5,7-9,12-14,17-19,21,24,27-28,30-31,33-39,44H2,1-2H3,(H,48,49)/b11-10-,16-15-,23-20-,25-22-,29-26+,32-6-/t40?,41-/m1/s1. The Morgan fingerprint density at radius 3 is 1.93 bits per heavy atom. The van der Waals surface area contributed by atoms with Crippen molar-refractivity contribution >= 4 is 19.8 Å². The monoisotopic (exact) mass is 780 g/mol. The maximum absolute atomic E-state index is 12.5. The van der Waals surface area contributed by atoms with E-state index in [1.54, 1.807) is 0 Å². The topological polar surface area (TPSA) is 155 Å². The van der Waals surface area contributed by atoms with Crippen molar-refractivity contribution in [2.24, 2.45) is 5.73 Å². The molecule has 0 aromatic rings. The maximum atomic E-state index is 12.5. The van der Waals surface area contributed by atoms with E-state index < -0.39 is 38.6 Å². The normalized spacial score (nSPS) is 14.7. The molecule has 4 N–H and O–H groups in total. The highest BCUT2D eigenvalue weighted by Gasteiger charge is 2.25. The Morgan fingerprint density at radius 2 is 1.24 bits per heavy atom. The predicted molar refractivity (Wildman–Crippen MR) is 221 cm³/mol. The third kappa shape index (κ3) is 37.7. The first-order valence-corrected chi connectivity index (χ1v) is 22.0. The number of carbonyl (C=O) groups excluding carboxylic acids is 2. The van der Waals surface area contributed by atoms with E-state index in [1.807, 2.05) is 55.5 Å². The highest BCUT2D eigenvalue weighted by Crippen LogP contribution is 2.43. The van der Waals surface area contributed by atoms with Gasteiger partial charge in [-0.05, 0) is 70.6 Å². The largest absolute Gasteiger partial charge is 0.472 e. The molecule has 0 aliphatic heterocycles. The van der Waals surface area contributed by atoms with Gasteiger partial charge in [-0.15, -0.1) is 0 Å². The minimum atomic E-state index is -4.40. The van der Waals surface area contributed by atoms with Crippen LogP contribution in [0.1, 0.15) is 149 Å². The van der Waals surface area contributed by atoms with Gasteiger partial charge >= 0.3 is 19.8 Å². The van der Waals surface area contributed by atoms with E-state index in [-0.39, 0.29) is 32.6 Å². The number of phosphoric acid groups is 1. The molecule has 0 aromatic heterocycles. The average Bonchev–Trinajstić information content (AvgIpc) is 3.15. The summed E-state index contributed by atoms with van der Waals surface area (Å²) in [5, 5.41) is 9.75. The summed E-state index contributed by atoms with van der Waals surface area (Å²) < 4.78 is 32.6. The zero-order chi connectivity index (χ0) is 39.8. The quantitative estimate of drug-likeness (QED) is 0.0182. The van der Waals surface area contributed by atoms with E-state index in [4.69, 9.17) is 24.3 Å². The molecule has 10 nitrogen and oxygen atoms in total. The van der Waals surface area contributed by atoms with Crippen LogP contribution in [0.2, 0.25) is 0 Å². The van der Waals surface area contributed by atoms with E-state index in [9.17, 15) is 24.2 Å². The van der Waals surface area contributed by atoms with E-state index in [0.29, 0.717) is 25.7 Å². The van der Waals surface area contributed by atoms with Gasteiger partial charge in [0.1, 0.15) is 6.61 Å². The number of esters is 2. The molecule has 2 unspecified atom stereocenters. The predicted octanol–water partition coefficient (Wildman–Crippen LogP) is 10.5. The summed E-state index contributed by atoms with van der Waals surface area (Å²) >= 11 is 0. The molecule has 0 saturated heterocycles. The van der Waals surface area contributed by atoms with Gasteiger partial charge in [0.15, 0.2) is 6.10 Å². The molecule has 0 aromatic carbocycles. The molecule has 0 rings (SSSR count). The highest BCUT2D eigenvalue weighted by atomic mass is 31.2. The lowest BCUT2D eigenvalue weighted by Gasteiger charge is -2.19. The lowest BCUT2D eigenvalue weighted by Crippen LogP contribution is -2.29. The van der Waals surface area contributed by atoms with Gasteiger partial charge < -0.3 is 25.2 Å². The second kappa shape index (κ2) is 38.7. The summed E-state index contributed by atoms with van der Waals surface area (Å²) in [5.41, 5.74) is 5.33. The number of nitrogens with two attached hydrogens (primary N) is 1. The van der Waals surface area contributed by atoms with Crippen LogP contribution >= 0.6 is 7.82 Å². The third-order valence-electron chi connectivity index (χ3n) is 8.15. The van der Waals surface area contributed by atoms with E-state index in [2.05, 4.69) is 31.2 Å². The van der Waals surface area contributed by atoms with Gasteiger partial charge in [0.05, 0.1) is 19.3 Å². The first-order chi connectivity index (χ1) is 26.2. The summed E-state index contributed by atoms with van der Waals surface area (Å²) in [4.78, 5) is 34.8. The van der Waals surface area contributed by atoms with E-state index in [1.165, 1.54) is 51.4 Å². The van der Waals surface area contributed by atoms with E-state index >= 15 is 0 Å². The fraction of sp³-hybridized carbons (Fsp3) is 0.674. The van der Waals surface area contributed by atoms with Crippen LogP contribution in [0.25, 0.3) is 0 Å². The number of unbranched alkanes of at least 4 members (excludes halogenated alkanes) is 12. The van der Waals surface area contributed by atoms with Gasteiger partial charge in [0, 0.05) is 19.4 Å². The molecule has 0 bridgehead atoms. The summed E-state index contributed by atoms with van der Waals surface area (Å²) in [7, 11) is -4.40. The second-order valence-electron chi connectivity index (χ2n) is 13.3. The molecule has 0 spiro atoms. The van der Waals surface area contributed by atoms with Crippen molar-refractivity contribution in [3.05, 3.63) is 72.9 Å². The molecule has 0 fully saturated rings. The number of carbonyl (C=O) groups is 2. The number of hydrogen-bond acceptors (Lipinski definition) is 9. The van der Waals surface area contributed by atoms with Gasteiger partial charge in [-0.2, -0.15) is 0 Å². The van der Waals surface area contributed by atoms with Gasteiger partial charge in [0.25, 0.3) is 0 Å². The fourth-order valence-electron chi connectivity index (χ4n) is 5.10. The van der Waals surface area contributed by atoms with Crippen molar-refractivity contribution in [2.45, 2.75) is 161 Å². The average molecular weight is 780 g/mol. The van der Waals surface area contributed by atoms with Crippen LogP contribution in [0, 0.1) is 0 Å². The Bertz CT molecular complexity index is 1130. The van der Waals surface area contributed by atoms with Crippen molar-refractivity contribution in [1.29, 1.82) is 0 Å². The molecule has 0 aliphatic rings. The zero-order valence-electron chi connectivity index (χ0n) is 33.5. The lowest BCUT2D eigenvalue weighted by molar-refractivity contribution is -0.161. The zero-order valence-corrected chi connectivity index (χ0v) is 34.4. The fourth-order valence-corrected chi connectivity index (χ4v) is 5.86. The smallest absolute Gasteiger partial charge is 0.462 e. The molecule has 11 heteroatoms. The molecule has 0 amide bonds. The minimum Gasteiger partial charge on any atom is -0.462 e. The van der Waals surface area contributed by atoms with Crippen LogP contribution < -0.4 is 5.73 Å². The number of aliphatic hydroxyl groups is 1. The van der Waals surface area contributed by atoms with Crippen LogP contribution in [0.4, 0.5) is 0 Å². The molecule has 310 valence electrons. The molecular weight excluding hydrogens is 705 g/mol. The van der Waals surface area contributed by atoms with Gasteiger partial charge in [0.2, 0.25) is 0 Å². The van der Waals surface area contributed by atoms with E-state index in [0.717, 1.165) is 44.9 Å². The third-order valence-corrected chi connectivity index (χ3v) is 9.14. The summed E-state index contributed by atoms with van der Waals surface area (Å²) in [6.45, 7) is 3.37. The van der Waals surface area contributed by atoms with Crippen LogP contribution in [-0.2, 0) is 32.7 Å². The van der Waals surface area contributed by atoms with Crippen molar-refractivity contribution in [3.63, 3.8) is 0 Å². The Hall–Kier alpha value is -2.59. The number of phosphoric ester groups is 1.